The lowest BCUT2D eigenvalue weighted by atomic mass is 10.1. The number of imidazole rings is 1. The van der Waals surface area contributed by atoms with E-state index in [9.17, 15) is 4.79 Å². The molecule has 1 N–H and O–H groups in total. The van der Waals surface area contributed by atoms with Crippen molar-refractivity contribution in [3.05, 3.63) is 94.5 Å². The molecule has 0 amide bonds. The highest BCUT2D eigenvalue weighted by Crippen LogP contribution is 2.40. The number of para-hydroxylation sites is 3. The molecule has 10 heteroatoms. The van der Waals surface area contributed by atoms with E-state index in [2.05, 4.69) is 20.3 Å². The molecule has 0 saturated carbocycles. The van der Waals surface area contributed by atoms with Crippen molar-refractivity contribution < 1.29 is 14.2 Å². The maximum Gasteiger partial charge on any atom is 0.262 e. The van der Waals surface area contributed by atoms with Crippen molar-refractivity contribution >= 4 is 21.9 Å². The van der Waals surface area contributed by atoms with Crippen molar-refractivity contribution in [2.75, 3.05) is 21.3 Å². The maximum atomic E-state index is 13.8. The number of ether oxygens (including phenoxy) is 3. The Balaban J connectivity index is 1.36. The summed E-state index contributed by atoms with van der Waals surface area (Å²) in [6.07, 6.45) is 1.82. The number of pyridine rings is 1. The Morgan fingerprint density at radius 1 is 0.872 bits per heavy atom. The van der Waals surface area contributed by atoms with Gasteiger partial charge in [-0.05, 0) is 41.8 Å². The number of nitrogens with zero attached hydrogens (tertiary/aromatic N) is 5. The van der Waals surface area contributed by atoms with E-state index in [-0.39, 0.29) is 12.1 Å². The third-order valence-corrected chi connectivity index (χ3v) is 6.67. The Morgan fingerprint density at radius 2 is 1.67 bits per heavy atom. The summed E-state index contributed by atoms with van der Waals surface area (Å²) in [6, 6.07) is 21.1. The smallest absolute Gasteiger partial charge is 0.262 e. The second kappa shape index (κ2) is 9.97. The molecule has 0 aliphatic rings. The second-order valence-electron chi connectivity index (χ2n) is 9.01. The highest BCUT2D eigenvalue weighted by molar-refractivity contribution is 5.85. The summed E-state index contributed by atoms with van der Waals surface area (Å²) in [5, 5.41) is 9.59. The largest absolute Gasteiger partial charge is 0.493 e. The number of aromatic nitrogens is 6. The molecule has 39 heavy (non-hydrogen) atoms. The average Bonchev–Trinajstić information content (AvgIpc) is 3.60. The van der Waals surface area contributed by atoms with Crippen molar-refractivity contribution in [1.29, 1.82) is 0 Å². The quantitative estimate of drug-likeness (QED) is 0.318. The maximum absolute atomic E-state index is 13.8. The number of fused-ring (bicyclic) bond motifs is 2. The van der Waals surface area contributed by atoms with E-state index < -0.39 is 0 Å². The molecule has 0 radical (unpaired) electrons. The molecule has 0 saturated heterocycles. The zero-order valence-corrected chi connectivity index (χ0v) is 21.7. The monoisotopic (exact) mass is 522 g/mol. The minimum Gasteiger partial charge on any atom is -0.493 e. The third-order valence-electron chi connectivity index (χ3n) is 6.67. The summed E-state index contributed by atoms with van der Waals surface area (Å²) in [5.74, 6) is 2.19. The van der Waals surface area contributed by atoms with Crippen LogP contribution in [-0.4, -0.2) is 50.9 Å². The van der Waals surface area contributed by atoms with Gasteiger partial charge in [-0.1, -0.05) is 35.5 Å². The zero-order chi connectivity index (χ0) is 26.9. The van der Waals surface area contributed by atoms with Crippen LogP contribution in [0.3, 0.4) is 0 Å². The Labute approximate surface area is 223 Å². The highest BCUT2D eigenvalue weighted by atomic mass is 16.5. The Kier molecular flexibility index (Phi) is 6.20. The standard InChI is InChI=1S/C29H26N6O4/c1-37-25-13-12-19(26(38-2)27(25)39-3)15-34-16-20(32-33-34)17-35-24-11-7-4-8-18(24)14-21(29(35)36)28-30-22-9-5-6-10-23(22)31-28/h4-14,16H,15,17H2,1-3H3,(H,30,31). The molecule has 3 aromatic heterocycles. The molecule has 0 spiro atoms. The summed E-state index contributed by atoms with van der Waals surface area (Å²) in [7, 11) is 4.73. The fraction of sp³-hybridized carbons (Fsp3) is 0.172. The summed E-state index contributed by atoms with van der Waals surface area (Å²) in [5.41, 5.74) is 4.31. The summed E-state index contributed by atoms with van der Waals surface area (Å²) < 4.78 is 19.9. The minimum atomic E-state index is -0.163. The Bertz CT molecular complexity index is 1840. The first-order chi connectivity index (χ1) is 19.1. The van der Waals surface area contributed by atoms with E-state index >= 15 is 0 Å². The van der Waals surface area contributed by atoms with Crippen molar-refractivity contribution in [2.24, 2.45) is 0 Å². The SMILES string of the molecule is COc1ccc(Cn2cc(Cn3c(=O)c(-c4nc5ccccc5[nH]4)cc4ccccc43)nn2)c(OC)c1OC. The van der Waals surface area contributed by atoms with Gasteiger partial charge in [0.05, 0.1) is 62.7 Å². The highest BCUT2D eigenvalue weighted by Gasteiger charge is 2.18. The lowest BCUT2D eigenvalue weighted by Gasteiger charge is -2.15. The molecule has 0 atom stereocenters. The molecule has 6 rings (SSSR count). The van der Waals surface area contributed by atoms with E-state index in [1.165, 1.54) is 0 Å². The first kappa shape index (κ1) is 24.2. The predicted molar refractivity (Wildman–Crippen MR) is 148 cm³/mol. The van der Waals surface area contributed by atoms with Gasteiger partial charge in [0.1, 0.15) is 11.5 Å². The van der Waals surface area contributed by atoms with E-state index in [1.54, 1.807) is 30.6 Å². The number of methoxy groups -OCH3 is 3. The number of H-pyrrole nitrogens is 1. The van der Waals surface area contributed by atoms with Crippen LogP contribution in [0.5, 0.6) is 17.2 Å². The van der Waals surface area contributed by atoms with Crippen LogP contribution in [0, 0.1) is 0 Å². The molecule has 10 nitrogen and oxygen atoms in total. The molecule has 6 aromatic rings. The van der Waals surface area contributed by atoms with E-state index in [4.69, 9.17) is 14.2 Å². The Morgan fingerprint density at radius 3 is 2.46 bits per heavy atom. The first-order valence-electron chi connectivity index (χ1n) is 12.3. The van der Waals surface area contributed by atoms with Crippen molar-refractivity contribution in [3.63, 3.8) is 0 Å². The van der Waals surface area contributed by atoms with Crippen LogP contribution in [0.4, 0.5) is 0 Å². The zero-order valence-electron chi connectivity index (χ0n) is 21.7. The van der Waals surface area contributed by atoms with Crippen LogP contribution in [0.15, 0.2) is 77.7 Å². The third kappa shape index (κ3) is 4.35. The van der Waals surface area contributed by atoms with Crippen LogP contribution < -0.4 is 19.8 Å². The minimum absolute atomic E-state index is 0.163. The molecule has 196 valence electrons. The van der Waals surface area contributed by atoms with Gasteiger partial charge in [-0.2, -0.15) is 0 Å². The summed E-state index contributed by atoms with van der Waals surface area (Å²) in [4.78, 5) is 21.7. The van der Waals surface area contributed by atoms with E-state index in [1.807, 2.05) is 72.9 Å². The van der Waals surface area contributed by atoms with Crippen LogP contribution in [0.2, 0.25) is 0 Å². The predicted octanol–water partition coefficient (Wildman–Crippen LogP) is 4.26. The molecular weight excluding hydrogens is 496 g/mol. The van der Waals surface area contributed by atoms with Gasteiger partial charge in [0.15, 0.2) is 11.5 Å². The van der Waals surface area contributed by atoms with Gasteiger partial charge in [-0.25, -0.2) is 9.67 Å². The van der Waals surface area contributed by atoms with Crippen LogP contribution >= 0.6 is 0 Å². The molecule has 0 fully saturated rings. The van der Waals surface area contributed by atoms with Crippen LogP contribution in [0.1, 0.15) is 11.3 Å². The van der Waals surface area contributed by atoms with Gasteiger partial charge in [0, 0.05) is 5.56 Å². The first-order valence-corrected chi connectivity index (χ1v) is 12.3. The van der Waals surface area contributed by atoms with Gasteiger partial charge in [0.2, 0.25) is 5.75 Å². The lowest BCUT2D eigenvalue weighted by molar-refractivity contribution is 0.321. The molecule has 0 aliphatic carbocycles. The normalized spacial score (nSPS) is 11.3. The van der Waals surface area contributed by atoms with Gasteiger partial charge >= 0.3 is 0 Å². The number of nitrogens with one attached hydrogen (secondary N) is 1. The fourth-order valence-corrected chi connectivity index (χ4v) is 4.85. The fourth-order valence-electron chi connectivity index (χ4n) is 4.85. The van der Waals surface area contributed by atoms with E-state index in [0.29, 0.717) is 40.9 Å². The molecular formula is C29H26N6O4. The molecule has 0 bridgehead atoms. The topological polar surface area (TPSA) is 109 Å². The molecule has 3 heterocycles. The van der Waals surface area contributed by atoms with Crippen molar-refractivity contribution in [3.8, 4) is 28.6 Å². The number of benzene rings is 3. The second-order valence-corrected chi connectivity index (χ2v) is 9.01. The van der Waals surface area contributed by atoms with Crippen LogP contribution in [0.25, 0.3) is 33.3 Å². The van der Waals surface area contributed by atoms with E-state index in [0.717, 1.165) is 27.5 Å². The number of aromatic amines is 1. The number of hydrogen-bond acceptors (Lipinski definition) is 7. The molecule has 0 unspecified atom stereocenters. The number of hydrogen-bond donors (Lipinski definition) is 1. The molecule has 3 aromatic carbocycles. The average molecular weight is 523 g/mol. The number of rotatable bonds is 8. The Hall–Kier alpha value is -5.12. The van der Waals surface area contributed by atoms with Gasteiger partial charge in [-0.3, -0.25) is 4.79 Å². The van der Waals surface area contributed by atoms with Crippen molar-refractivity contribution in [1.82, 2.24) is 29.5 Å². The molecule has 0 aliphatic heterocycles. The van der Waals surface area contributed by atoms with Crippen LogP contribution in [-0.2, 0) is 13.1 Å². The lowest BCUT2D eigenvalue weighted by Crippen LogP contribution is -2.23. The van der Waals surface area contributed by atoms with Gasteiger partial charge in [0.25, 0.3) is 5.56 Å². The van der Waals surface area contributed by atoms with Gasteiger partial charge in [-0.15, -0.1) is 5.10 Å². The van der Waals surface area contributed by atoms with Gasteiger partial charge < -0.3 is 23.8 Å². The van der Waals surface area contributed by atoms with Crippen molar-refractivity contribution in [2.45, 2.75) is 13.1 Å². The summed E-state index contributed by atoms with van der Waals surface area (Å²) >= 11 is 0. The summed E-state index contributed by atoms with van der Waals surface area (Å²) in [6.45, 7) is 0.641.